The van der Waals surface area contributed by atoms with E-state index in [9.17, 15) is 18.0 Å². The van der Waals surface area contributed by atoms with Gasteiger partial charge in [0.25, 0.3) is 0 Å². The van der Waals surface area contributed by atoms with Crippen LogP contribution in [-0.2, 0) is 19.6 Å². The van der Waals surface area contributed by atoms with Crippen molar-refractivity contribution in [3.05, 3.63) is 70.1 Å². The van der Waals surface area contributed by atoms with Gasteiger partial charge < -0.3 is 19.7 Å². The van der Waals surface area contributed by atoms with Gasteiger partial charge >= 0.3 is 5.56 Å². The van der Waals surface area contributed by atoms with Crippen LogP contribution >= 0.6 is 11.6 Å². The summed E-state index contributed by atoms with van der Waals surface area (Å²) in [6, 6.07) is 12.8. The quantitative estimate of drug-likeness (QED) is 0.366. The molecule has 3 aromatic rings. The van der Waals surface area contributed by atoms with Gasteiger partial charge in [-0.25, -0.2) is 8.42 Å². The van der Waals surface area contributed by atoms with E-state index in [4.69, 9.17) is 21.1 Å². The van der Waals surface area contributed by atoms with Crippen molar-refractivity contribution in [2.75, 3.05) is 56.2 Å². The summed E-state index contributed by atoms with van der Waals surface area (Å²) in [5.74, 6) is -0.132. The minimum absolute atomic E-state index is 0.106. The molecule has 0 unspecified atom stereocenters. The summed E-state index contributed by atoms with van der Waals surface area (Å²) in [7, 11) is -3.75. The number of ether oxygens (including phenoxy) is 2. The van der Waals surface area contributed by atoms with Gasteiger partial charge in [0.2, 0.25) is 21.7 Å². The van der Waals surface area contributed by atoms with Crippen LogP contribution in [0.3, 0.4) is 0 Å². The lowest BCUT2D eigenvalue weighted by Gasteiger charge is -2.35. The van der Waals surface area contributed by atoms with Crippen LogP contribution in [-0.4, -0.2) is 74.4 Å². The zero-order valence-corrected chi connectivity index (χ0v) is 23.2. The number of sulfonamides is 1. The molecule has 11 nitrogen and oxygen atoms in total. The number of anilines is 2. The second-order valence-electron chi connectivity index (χ2n) is 8.70. The minimum Gasteiger partial charge on any atom is -0.484 e. The number of hydrogen-bond acceptors (Lipinski definition) is 8. The highest BCUT2D eigenvalue weighted by Gasteiger charge is 2.30. The van der Waals surface area contributed by atoms with Crippen LogP contribution in [0, 0.1) is 0 Å². The third-order valence-corrected chi connectivity index (χ3v) is 8.19. The van der Waals surface area contributed by atoms with E-state index in [2.05, 4.69) is 10.4 Å². The van der Waals surface area contributed by atoms with E-state index < -0.39 is 15.6 Å². The number of benzene rings is 2. The number of aromatic nitrogens is 2. The Morgan fingerprint density at radius 1 is 1.08 bits per heavy atom. The summed E-state index contributed by atoms with van der Waals surface area (Å²) in [6.45, 7) is 5.30. The molecule has 2 heterocycles. The highest BCUT2D eigenvalue weighted by atomic mass is 35.5. The van der Waals surface area contributed by atoms with E-state index in [0.29, 0.717) is 48.4 Å². The molecule has 0 bridgehead atoms. The minimum atomic E-state index is -3.75. The second-order valence-corrected chi connectivity index (χ2v) is 11.1. The number of nitrogens with one attached hydrogen (secondary N) is 1. The fourth-order valence-corrected chi connectivity index (χ4v) is 5.77. The number of amides is 1. The number of piperazine rings is 1. The van der Waals surface area contributed by atoms with Crippen molar-refractivity contribution in [3.8, 4) is 11.4 Å². The fourth-order valence-electron chi connectivity index (χ4n) is 4.16. The van der Waals surface area contributed by atoms with Gasteiger partial charge in [-0.2, -0.15) is 14.1 Å². The maximum atomic E-state index is 13.4. The summed E-state index contributed by atoms with van der Waals surface area (Å²) >= 11 is 6.11. The van der Waals surface area contributed by atoms with Crippen molar-refractivity contribution in [2.24, 2.45) is 0 Å². The molecule has 1 aliphatic rings. The molecule has 1 fully saturated rings. The molecule has 208 valence electrons. The molecule has 0 saturated carbocycles. The molecule has 39 heavy (non-hydrogen) atoms. The number of hydrogen-bond donors (Lipinski definition) is 1. The van der Waals surface area contributed by atoms with Crippen molar-refractivity contribution in [1.82, 2.24) is 14.1 Å². The van der Waals surface area contributed by atoms with Gasteiger partial charge in [-0.05, 0) is 49.4 Å². The first-order valence-electron chi connectivity index (χ1n) is 12.4. The van der Waals surface area contributed by atoms with Gasteiger partial charge in [0, 0.05) is 50.4 Å². The molecule has 0 atom stereocenters. The predicted octanol–water partition coefficient (Wildman–Crippen LogP) is 2.77. The van der Waals surface area contributed by atoms with E-state index in [1.54, 1.807) is 42.6 Å². The van der Waals surface area contributed by atoms with E-state index in [-0.39, 0.29) is 36.2 Å². The zero-order chi connectivity index (χ0) is 28.0. The van der Waals surface area contributed by atoms with Crippen molar-refractivity contribution < 1.29 is 22.7 Å². The number of carbonyl (C=O) groups excluding carboxylic acids is 1. The number of rotatable bonds is 10. The fraction of sp³-hybridized carbons (Fsp3) is 0.346. The van der Waals surface area contributed by atoms with Gasteiger partial charge in [-0.15, -0.1) is 0 Å². The Morgan fingerprint density at radius 2 is 1.79 bits per heavy atom. The van der Waals surface area contributed by atoms with E-state index in [1.807, 2.05) is 11.8 Å². The standard InChI is InChI=1S/C26H30ClN5O6S/c1-3-37-15-16-38-25-24(18-28-32(26(25)34)22-6-4-5-20(27)17-22)30-11-13-31(14-12-30)39(35,36)23-9-7-21(8-10-23)29-19(2)33/h4-10,17-18H,3,11-16H2,1-2H3,(H,29,33). The predicted molar refractivity (Wildman–Crippen MR) is 149 cm³/mol. The molecule has 1 N–H and O–H groups in total. The van der Waals surface area contributed by atoms with Gasteiger partial charge in [0.05, 0.1) is 23.4 Å². The van der Waals surface area contributed by atoms with E-state index in [0.717, 1.165) is 0 Å². The molecule has 1 amide bonds. The first-order chi connectivity index (χ1) is 18.7. The number of carbonyl (C=O) groups is 1. The van der Waals surface area contributed by atoms with Crippen molar-refractivity contribution in [2.45, 2.75) is 18.7 Å². The molecule has 1 aliphatic heterocycles. The summed E-state index contributed by atoms with van der Waals surface area (Å²) < 4.78 is 40.3. The van der Waals surface area contributed by atoms with Crippen LogP contribution in [0.5, 0.6) is 5.75 Å². The second kappa shape index (κ2) is 12.6. The summed E-state index contributed by atoms with van der Waals surface area (Å²) in [5.41, 5.74) is 1.03. The molecule has 1 aromatic heterocycles. The maximum absolute atomic E-state index is 13.4. The number of halogens is 1. The Labute approximate surface area is 231 Å². The van der Waals surface area contributed by atoms with E-state index >= 15 is 0 Å². The van der Waals surface area contributed by atoms with Crippen molar-refractivity contribution in [1.29, 1.82) is 0 Å². The van der Waals surface area contributed by atoms with Gasteiger partial charge in [0.15, 0.2) is 0 Å². The Balaban J connectivity index is 1.54. The highest BCUT2D eigenvalue weighted by Crippen LogP contribution is 2.27. The van der Waals surface area contributed by atoms with Crippen molar-refractivity contribution >= 4 is 38.9 Å². The maximum Gasteiger partial charge on any atom is 0.316 e. The number of nitrogens with zero attached hydrogens (tertiary/aromatic N) is 4. The van der Waals surface area contributed by atoms with Crippen molar-refractivity contribution in [3.63, 3.8) is 0 Å². The first kappa shape index (κ1) is 28.6. The topological polar surface area (TPSA) is 123 Å². The Bertz CT molecular complexity index is 1470. The van der Waals surface area contributed by atoms with Gasteiger partial charge in [0.1, 0.15) is 12.3 Å². The first-order valence-corrected chi connectivity index (χ1v) is 14.2. The van der Waals surface area contributed by atoms with E-state index in [1.165, 1.54) is 28.0 Å². The molecular formula is C26H30ClN5O6S. The Hall–Kier alpha value is -3.45. The third-order valence-electron chi connectivity index (χ3n) is 6.04. The summed E-state index contributed by atoms with van der Waals surface area (Å²) in [6.07, 6.45) is 1.54. The molecule has 1 saturated heterocycles. The summed E-state index contributed by atoms with van der Waals surface area (Å²) in [5, 5.41) is 7.43. The molecule has 13 heteroatoms. The smallest absolute Gasteiger partial charge is 0.316 e. The lowest BCUT2D eigenvalue weighted by atomic mass is 10.3. The average Bonchev–Trinajstić information content (AvgIpc) is 2.92. The van der Waals surface area contributed by atoms with Crippen LogP contribution in [0.4, 0.5) is 11.4 Å². The van der Waals surface area contributed by atoms with Crippen LogP contribution < -0.4 is 20.5 Å². The highest BCUT2D eigenvalue weighted by molar-refractivity contribution is 7.89. The zero-order valence-electron chi connectivity index (χ0n) is 21.7. The molecule has 2 aromatic carbocycles. The molecule has 4 rings (SSSR count). The Kier molecular flexibility index (Phi) is 9.23. The SMILES string of the molecule is CCOCCOc1c(N2CCN(S(=O)(=O)c3ccc(NC(C)=O)cc3)CC2)cnn(-c2cccc(Cl)c2)c1=O. The lowest BCUT2D eigenvalue weighted by molar-refractivity contribution is -0.114. The largest absolute Gasteiger partial charge is 0.484 e. The average molecular weight is 576 g/mol. The van der Waals surface area contributed by atoms with Crippen LogP contribution in [0.15, 0.2) is 64.4 Å². The van der Waals surface area contributed by atoms with Crippen LogP contribution in [0.2, 0.25) is 5.02 Å². The van der Waals surface area contributed by atoms with Gasteiger partial charge in [-0.1, -0.05) is 17.7 Å². The monoisotopic (exact) mass is 575 g/mol. The molecule has 0 radical (unpaired) electrons. The van der Waals surface area contributed by atoms with Gasteiger partial charge in [-0.3, -0.25) is 9.59 Å². The molecule has 0 spiro atoms. The molecule has 0 aliphatic carbocycles. The van der Waals surface area contributed by atoms with Crippen LogP contribution in [0.1, 0.15) is 13.8 Å². The molecular weight excluding hydrogens is 546 g/mol. The normalized spacial score (nSPS) is 14.3. The Morgan fingerprint density at radius 3 is 2.44 bits per heavy atom. The third kappa shape index (κ3) is 6.77. The van der Waals surface area contributed by atoms with Crippen LogP contribution in [0.25, 0.3) is 5.69 Å². The lowest BCUT2D eigenvalue weighted by Crippen LogP contribution is -2.49. The summed E-state index contributed by atoms with van der Waals surface area (Å²) in [4.78, 5) is 26.7.